The minimum Gasteiger partial charge on any atom is -0.495 e. The van der Waals surface area contributed by atoms with E-state index in [1.54, 1.807) is 30.3 Å². The van der Waals surface area contributed by atoms with E-state index in [-0.39, 0.29) is 17.4 Å². The molecule has 1 fully saturated rings. The van der Waals surface area contributed by atoms with Crippen molar-refractivity contribution < 1.29 is 32.2 Å². The molecular formula is C22H23NO7S. The van der Waals surface area contributed by atoms with Crippen molar-refractivity contribution in [1.82, 2.24) is 4.31 Å². The van der Waals surface area contributed by atoms with E-state index >= 15 is 0 Å². The highest BCUT2D eigenvalue weighted by Gasteiger charge is 2.29. The van der Waals surface area contributed by atoms with Crippen molar-refractivity contribution in [2.75, 3.05) is 27.0 Å². The summed E-state index contributed by atoms with van der Waals surface area (Å²) in [6.45, 7) is 1.12. The van der Waals surface area contributed by atoms with Gasteiger partial charge in [0.1, 0.15) is 16.4 Å². The summed E-state index contributed by atoms with van der Waals surface area (Å²) >= 11 is 0. The van der Waals surface area contributed by atoms with Crippen LogP contribution in [-0.4, -0.2) is 45.7 Å². The molecule has 8 nitrogen and oxygen atoms in total. The SMILES string of the molecule is COc1ccc(C=CC(=O)Oc2ccc3c(c2)OCO3)cc1S(=O)(=O)N1CCCCC1. The lowest BCUT2D eigenvalue weighted by Gasteiger charge is -2.26. The zero-order valence-electron chi connectivity index (χ0n) is 17.1. The van der Waals surface area contributed by atoms with Gasteiger partial charge in [-0.25, -0.2) is 13.2 Å². The first-order chi connectivity index (χ1) is 15.0. The summed E-state index contributed by atoms with van der Waals surface area (Å²) in [6, 6.07) is 9.61. The molecule has 2 aliphatic rings. The van der Waals surface area contributed by atoms with Crippen molar-refractivity contribution in [1.29, 1.82) is 0 Å². The number of piperidine rings is 1. The van der Waals surface area contributed by atoms with Crippen LogP contribution >= 0.6 is 0 Å². The molecule has 0 aliphatic carbocycles. The van der Waals surface area contributed by atoms with E-state index in [2.05, 4.69) is 0 Å². The van der Waals surface area contributed by atoms with E-state index in [1.807, 2.05) is 0 Å². The van der Waals surface area contributed by atoms with Gasteiger partial charge in [-0.3, -0.25) is 0 Å². The Morgan fingerprint density at radius 2 is 1.81 bits per heavy atom. The van der Waals surface area contributed by atoms with E-state index < -0.39 is 16.0 Å². The first-order valence-electron chi connectivity index (χ1n) is 9.95. The van der Waals surface area contributed by atoms with Crippen LogP contribution in [-0.2, 0) is 14.8 Å². The molecule has 31 heavy (non-hydrogen) atoms. The zero-order valence-corrected chi connectivity index (χ0v) is 17.9. The van der Waals surface area contributed by atoms with E-state index in [4.69, 9.17) is 18.9 Å². The van der Waals surface area contributed by atoms with Gasteiger partial charge in [0.05, 0.1) is 7.11 Å². The topological polar surface area (TPSA) is 91.4 Å². The fraction of sp³-hybridized carbons (Fsp3) is 0.318. The van der Waals surface area contributed by atoms with Crippen molar-refractivity contribution in [3.05, 3.63) is 48.0 Å². The number of benzene rings is 2. The fourth-order valence-electron chi connectivity index (χ4n) is 3.50. The highest BCUT2D eigenvalue weighted by molar-refractivity contribution is 7.89. The van der Waals surface area contributed by atoms with Crippen LogP contribution in [0.1, 0.15) is 24.8 Å². The summed E-state index contributed by atoms with van der Waals surface area (Å²) in [5, 5.41) is 0. The highest BCUT2D eigenvalue weighted by Crippen LogP contribution is 2.35. The second-order valence-corrected chi connectivity index (χ2v) is 9.05. The predicted octanol–water partition coefficient (Wildman–Crippen LogP) is 3.22. The van der Waals surface area contributed by atoms with Gasteiger partial charge in [-0.1, -0.05) is 12.5 Å². The van der Waals surface area contributed by atoms with Crippen LogP contribution in [0.4, 0.5) is 0 Å². The summed E-state index contributed by atoms with van der Waals surface area (Å²) in [7, 11) is -2.25. The summed E-state index contributed by atoms with van der Waals surface area (Å²) in [5.74, 6) is 1.09. The first kappa shape index (κ1) is 21.2. The number of hydrogen-bond acceptors (Lipinski definition) is 7. The number of fused-ring (bicyclic) bond motifs is 1. The standard InChI is InChI=1S/C22H23NO7S/c1-27-19-8-5-16(13-21(19)31(25,26)23-11-3-2-4-12-23)6-10-22(24)30-17-7-9-18-20(14-17)29-15-28-18/h5-10,13-14H,2-4,11-12,15H2,1H3. The molecule has 2 aliphatic heterocycles. The van der Waals surface area contributed by atoms with Crippen molar-refractivity contribution in [2.24, 2.45) is 0 Å². The normalized spacial score (nSPS) is 16.4. The maximum Gasteiger partial charge on any atom is 0.336 e. The van der Waals surface area contributed by atoms with Gasteiger partial charge in [0, 0.05) is 25.2 Å². The van der Waals surface area contributed by atoms with Crippen LogP contribution in [0, 0.1) is 0 Å². The largest absolute Gasteiger partial charge is 0.495 e. The number of carbonyl (C=O) groups is 1. The van der Waals surface area contributed by atoms with Crippen LogP contribution in [0.5, 0.6) is 23.0 Å². The van der Waals surface area contributed by atoms with Gasteiger partial charge in [-0.2, -0.15) is 4.31 Å². The molecule has 164 valence electrons. The minimum absolute atomic E-state index is 0.0863. The maximum absolute atomic E-state index is 13.1. The van der Waals surface area contributed by atoms with Gasteiger partial charge in [0.2, 0.25) is 16.8 Å². The van der Waals surface area contributed by atoms with Crippen molar-refractivity contribution in [3.8, 4) is 23.0 Å². The second kappa shape index (κ2) is 8.99. The Balaban J connectivity index is 1.51. The molecule has 0 N–H and O–H groups in total. The van der Waals surface area contributed by atoms with E-state index in [0.717, 1.165) is 19.3 Å². The molecule has 2 aromatic carbocycles. The molecular weight excluding hydrogens is 422 g/mol. The Morgan fingerprint density at radius 1 is 1.03 bits per heavy atom. The molecule has 0 bridgehead atoms. The molecule has 1 saturated heterocycles. The Labute approximate surface area is 181 Å². The molecule has 0 unspecified atom stereocenters. The molecule has 2 heterocycles. The van der Waals surface area contributed by atoms with Crippen molar-refractivity contribution >= 4 is 22.1 Å². The molecule has 0 saturated carbocycles. The number of hydrogen-bond donors (Lipinski definition) is 0. The summed E-state index contributed by atoms with van der Waals surface area (Å²) in [6.07, 6.45) is 5.45. The van der Waals surface area contributed by atoms with E-state index in [1.165, 1.54) is 29.6 Å². The van der Waals surface area contributed by atoms with Crippen molar-refractivity contribution in [2.45, 2.75) is 24.2 Å². The Bertz CT molecular complexity index is 1100. The summed E-state index contributed by atoms with van der Waals surface area (Å²) in [4.78, 5) is 12.3. The number of ether oxygens (including phenoxy) is 4. The molecule has 0 aromatic heterocycles. The third-order valence-electron chi connectivity index (χ3n) is 5.09. The predicted molar refractivity (Wildman–Crippen MR) is 113 cm³/mol. The number of methoxy groups -OCH3 is 1. The van der Waals surface area contributed by atoms with Crippen LogP contribution in [0.15, 0.2) is 47.4 Å². The Kier molecular flexibility index (Phi) is 6.15. The summed E-state index contributed by atoms with van der Waals surface area (Å²) in [5.41, 5.74) is 0.541. The van der Waals surface area contributed by atoms with Gasteiger partial charge < -0.3 is 18.9 Å². The van der Waals surface area contributed by atoms with Crippen molar-refractivity contribution in [3.63, 3.8) is 0 Å². The van der Waals surface area contributed by atoms with Gasteiger partial charge in [0.15, 0.2) is 11.5 Å². The zero-order chi connectivity index (χ0) is 21.8. The molecule has 4 rings (SSSR count). The van der Waals surface area contributed by atoms with Gasteiger partial charge in [-0.05, 0) is 48.7 Å². The van der Waals surface area contributed by atoms with Crippen LogP contribution in [0.3, 0.4) is 0 Å². The lowest BCUT2D eigenvalue weighted by atomic mass is 10.2. The van der Waals surface area contributed by atoms with E-state index in [9.17, 15) is 13.2 Å². The summed E-state index contributed by atoms with van der Waals surface area (Å²) < 4.78 is 48.7. The number of nitrogens with zero attached hydrogens (tertiary/aromatic N) is 1. The monoisotopic (exact) mass is 445 g/mol. The molecule has 0 spiro atoms. The first-order valence-corrected chi connectivity index (χ1v) is 11.4. The smallest absolute Gasteiger partial charge is 0.336 e. The molecule has 0 radical (unpaired) electrons. The van der Waals surface area contributed by atoms with Gasteiger partial charge in [0.25, 0.3) is 0 Å². The number of carbonyl (C=O) groups excluding carboxylic acids is 1. The number of sulfonamides is 1. The molecule has 0 atom stereocenters. The fourth-order valence-corrected chi connectivity index (χ4v) is 5.21. The van der Waals surface area contributed by atoms with Crippen LogP contribution < -0.4 is 18.9 Å². The lowest BCUT2D eigenvalue weighted by Crippen LogP contribution is -2.35. The highest BCUT2D eigenvalue weighted by atomic mass is 32.2. The molecule has 0 amide bonds. The van der Waals surface area contributed by atoms with E-state index in [0.29, 0.717) is 35.9 Å². The Hall–Kier alpha value is -3.04. The average Bonchev–Trinajstić information content (AvgIpc) is 3.26. The molecule has 2 aromatic rings. The number of esters is 1. The maximum atomic E-state index is 13.1. The van der Waals surface area contributed by atoms with Crippen LogP contribution in [0.25, 0.3) is 6.08 Å². The molecule has 9 heteroatoms. The average molecular weight is 445 g/mol. The van der Waals surface area contributed by atoms with Crippen LogP contribution in [0.2, 0.25) is 0 Å². The Morgan fingerprint density at radius 3 is 2.58 bits per heavy atom. The van der Waals surface area contributed by atoms with Gasteiger partial charge in [-0.15, -0.1) is 0 Å². The number of rotatable bonds is 6. The third-order valence-corrected chi connectivity index (χ3v) is 7.01. The lowest BCUT2D eigenvalue weighted by molar-refractivity contribution is -0.128. The van der Waals surface area contributed by atoms with Gasteiger partial charge >= 0.3 is 5.97 Å². The third kappa shape index (κ3) is 4.67. The minimum atomic E-state index is -3.69. The quantitative estimate of drug-likeness (QED) is 0.383. The second-order valence-electron chi connectivity index (χ2n) is 7.14.